The van der Waals surface area contributed by atoms with Gasteiger partial charge in [0.2, 0.25) is 5.91 Å². The van der Waals surface area contributed by atoms with Crippen LogP contribution in [-0.4, -0.2) is 34.9 Å². The summed E-state index contributed by atoms with van der Waals surface area (Å²) in [6, 6.07) is -0.623. The molecule has 57 heavy (non-hydrogen) atoms. The molecule has 2 atom stereocenters. The number of carbonyl (C=O) groups excluding carboxylic acids is 1. The molecule has 0 spiro atoms. The predicted octanol–water partition coefficient (Wildman–Crippen LogP) is 16.1. The van der Waals surface area contributed by atoms with Crippen molar-refractivity contribution in [3.8, 4) is 0 Å². The Hall–Kier alpha value is -1.91. The SMILES string of the molecule is CC/C=C\C/C=C\C/C=C\C/C=C\CCCCCCCCCCCCCCCCCCC(=O)NC(CO)C(O)/C=C/CCCCCCCCCCCCCCCC. The van der Waals surface area contributed by atoms with E-state index in [1.807, 2.05) is 6.08 Å². The number of carbonyl (C=O) groups is 1. The lowest BCUT2D eigenvalue weighted by atomic mass is 10.0. The highest BCUT2D eigenvalue weighted by molar-refractivity contribution is 5.76. The van der Waals surface area contributed by atoms with Crippen LogP contribution in [0.1, 0.15) is 251 Å². The first-order valence-electron chi connectivity index (χ1n) is 25.0. The number of aliphatic hydroxyl groups excluding tert-OH is 2. The second-order valence-electron chi connectivity index (χ2n) is 16.9. The number of unbranched alkanes of at least 4 members (excludes halogenated alkanes) is 30. The Balaban J connectivity index is 3.50. The Morgan fingerprint density at radius 1 is 0.439 bits per heavy atom. The second-order valence-corrected chi connectivity index (χ2v) is 16.9. The fourth-order valence-corrected chi connectivity index (χ4v) is 7.46. The lowest BCUT2D eigenvalue weighted by molar-refractivity contribution is -0.123. The van der Waals surface area contributed by atoms with Gasteiger partial charge in [-0.3, -0.25) is 4.79 Å². The third-order valence-electron chi connectivity index (χ3n) is 11.3. The zero-order valence-corrected chi connectivity index (χ0v) is 38.1. The summed E-state index contributed by atoms with van der Waals surface area (Å²) in [6.07, 6.45) is 67.8. The molecule has 0 fully saturated rings. The first-order chi connectivity index (χ1) is 28.2. The van der Waals surface area contributed by atoms with Crippen LogP contribution < -0.4 is 5.32 Å². The van der Waals surface area contributed by atoms with Gasteiger partial charge in [-0.15, -0.1) is 0 Å². The zero-order chi connectivity index (χ0) is 41.4. The number of rotatable bonds is 45. The van der Waals surface area contributed by atoms with Crippen LogP contribution in [0, 0.1) is 0 Å². The van der Waals surface area contributed by atoms with Gasteiger partial charge >= 0.3 is 0 Å². The van der Waals surface area contributed by atoms with Crippen LogP contribution in [-0.2, 0) is 4.79 Å². The Kier molecular flexibility index (Phi) is 46.8. The minimum absolute atomic E-state index is 0.0637. The molecule has 1 amide bonds. The molecule has 0 rings (SSSR count). The van der Waals surface area contributed by atoms with Crippen LogP contribution in [0.2, 0.25) is 0 Å². The van der Waals surface area contributed by atoms with E-state index in [2.05, 4.69) is 67.8 Å². The van der Waals surface area contributed by atoms with Gasteiger partial charge in [0.25, 0.3) is 0 Å². The highest BCUT2D eigenvalue weighted by Gasteiger charge is 2.18. The minimum Gasteiger partial charge on any atom is -0.394 e. The van der Waals surface area contributed by atoms with E-state index < -0.39 is 12.1 Å². The van der Waals surface area contributed by atoms with Crippen LogP contribution in [0.25, 0.3) is 0 Å². The van der Waals surface area contributed by atoms with Crippen LogP contribution in [0.4, 0.5) is 0 Å². The van der Waals surface area contributed by atoms with Crippen molar-refractivity contribution in [1.29, 1.82) is 0 Å². The molecule has 3 N–H and O–H groups in total. The molecular formula is C53H97NO3. The van der Waals surface area contributed by atoms with Gasteiger partial charge < -0.3 is 15.5 Å². The third-order valence-corrected chi connectivity index (χ3v) is 11.3. The summed E-state index contributed by atoms with van der Waals surface area (Å²) in [4.78, 5) is 12.4. The van der Waals surface area contributed by atoms with Crippen molar-refractivity contribution in [2.24, 2.45) is 0 Å². The quantitative estimate of drug-likeness (QED) is 0.0425. The van der Waals surface area contributed by atoms with Crippen molar-refractivity contribution < 1.29 is 15.0 Å². The smallest absolute Gasteiger partial charge is 0.220 e. The molecule has 0 aromatic carbocycles. The molecule has 332 valence electrons. The first kappa shape index (κ1) is 55.1. The first-order valence-corrected chi connectivity index (χ1v) is 25.0. The number of hydrogen-bond donors (Lipinski definition) is 3. The molecule has 4 heteroatoms. The van der Waals surface area contributed by atoms with Gasteiger partial charge in [0, 0.05) is 6.42 Å². The molecule has 2 unspecified atom stereocenters. The third kappa shape index (κ3) is 45.0. The highest BCUT2D eigenvalue weighted by Crippen LogP contribution is 2.16. The molecule has 0 aliphatic rings. The molecule has 4 nitrogen and oxygen atoms in total. The molecule has 0 aliphatic carbocycles. The molecule has 0 radical (unpaired) electrons. The highest BCUT2D eigenvalue weighted by atomic mass is 16.3. The Bertz CT molecular complexity index is 950. The van der Waals surface area contributed by atoms with Crippen molar-refractivity contribution in [1.82, 2.24) is 5.32 Å². The number of allylic oxidation sites excluding steroid dienone is 9. The van der Waals surface area contributed by atoms with Gasteiger partial charge in [-0.2, -0.15) is 0 Å². The summed E-state index contributed by atoms with van der Waals surface area (Å²) in [7, 11) is 0. The summed E-state index contributed by atoms with van der Waals surface area (Å²) in [5, 5.41) is 23.1. The van der Waals surface area contributed by atoms with E-state index in [9.17, 15) is 15.0 Å². The molecule has 0 saturated heterocycles. The van der Waals surface area contributed by atoms with Crippen LogP contribution in [0.15, 0.2) is 60.8 Å². The average molecular weight is 796 g/mol. The number of amides is 1. The molecule has 0 bridgehead atoms. The summed E-state index contributed by atoms with van der Waals surface area (Å²) >= 11 is 0. The topological polar surface area (TPSA) is 69.6 Å². The fourth-order valence-electron chi connectivity index (χ4n) is 7.46. The van der Waals surface area contributed by atoms with E-state index in [1.165, 1.54) is 180 Å². The van der Waals surface area contributed by atoms with Gasteiger partial charge in [-0.1, -0.05) is 248 Å². The normalized spacial score (nSPS) is 13.4. The maximum Gasteiger partial charge on any atom is 0.220 e. The van der Waals surface area contributed by atoms with E-state index in [0.29, 0.717) is 6.42 Å². The van der Waals surface area contributed by atoms with Crippen LogP contribution >= 0.6 is 0 Å². The van der Waals surface area contributed by atoms with Crippen molar-refractivity contribution in [2.75, 3.05) is 6.61 Å². The van der Waals surface area contributed by atoms with Crippen molar-refractivity contribution in [3.05, 3.63) is 60.8 Å². The van der Waals surface area contributed by atoms with E-state index in [0.717, 1.165) is 51.4 Å². The van der Waals surface area contributed by atoms with Crippen LogP contribution in [0.5, 0.6) is 0 Å². The Morgan fingerprint density at radius 2 is 0.772 bits per heavy atom. The molecule has 0 saturated carbocycles. The molecule has 0 heterocycles. The predicted molar refractivity (Wildman–Crippen MR) is 253 cm³/mol. The van der Waals surface area contributed by atoms with E-state index in [-0.39, 0.29) is 12.5 Å². The number of nitrogens with one attached hydrogen (secondary N) is 1. The summed E-state index contributed by atoms with van der Waals surface area (Å²) in [5.74, 6) is -0.0637. The standard InChI is InChI=1S/C53H97NO3/c1-3-5-7-9-11-13-15-17-19-21-22-23-24-25-26-27-28-29-30-31-32-33-35-37-39-41-43-45-47-49-53(57)54-51(50-55)52(56)48-46-44-42-40-38-36-34-20-18-16-14-12-10-8-6-4-2/h5,7,11,13,17,19,22-23,46,48,51-52,55-56H,3-4,6,8-10,12,14-16,18,20-21,24-45,47,49-50H2,1-2H3,(H,54,57)/b7-5-,13-11-,19-17-,23-22-,48-46+. The monoisotopic (exact) mass is 796 g/mol. The van der Waals surface area contributed by atoms with Gasteiger partial charge in [0.1, 0.15) is 0 Å². The molecule has 0 aliphatic heterocycles. The van der Waals surface area contributed by atoms with Gasteiger partial charge in [-0.25, -0.2) is 0 Å². The Morgan fingerprint density at radius 3 is 1.16 bits per heavy atom. The average Bonchev–Trinajstić information content (AvgIpc) is 3.22. The minimum atomic E-state index is -0.839. The van der Waals surface area contributed by atoms with E-state index in [4.69, 9.17) is 0 Å². The fraction of sp³-hybridized carbons (Fsp3) is 0.792. The van der Waals surface area contributed by atoms with Crippen LogP contribution in [0.3, 0.4) is 0 Å². The zero-order valence-electron chi connectivity index (χ0n) is 38.1. The lowest BCUT2D eigenvalue weighted by Gasteiger charge is -2.20. The van der Waals surface area contributed by atoms with Crippen molar-refractivity contribution in [2.45, 2.75) is 264 Å². The second kappa shape index (κ2) is 48.5. The summed E-state index contributed by atoms with van der Waals surface area (Å²) in [5.41, 5.74) is 0. The van der Waals surface area contributed by atoms with Crippen molar-refractivity contribution in [3.63, 3.8) is 0 Å². The molecular weight excluding hydrogens is 699 g/mol. The largest absolute Gasteiger partial charge is 0.394 e. The summed E-state index contributed by atoms with van der Waals surface area (Å²) in [6.45, 7) is 4.21. The maximum absolute atomic E-state index is 12.4. The summed E-state index contributed by atoms with van der Waals surface area (Å²) < 4.78 is 0. The maximum atomic E-state index is 12.4. The number of aliphatic hydroxyl groups is 2. The Labute approximate surface area is 356 Å². The van der Waals surface area contributed by atoms with Gasteiger partial charge in [0.05, 0.1) is 18.8 Å². The molecule has 0 aromatic heterocycles. The van der Waals surface area contributed by atoms with Gasteiger partial charge in [0.15, 0.2) is 0 Å². The van der Waals surface area contributed by atoms with Gasteiger partial charge in [-0.05, 0) is 57.8 Å². The molecule has 0 aromatic rings. The van der Waals surface area contributed by atoms with Crippen molar-refractivity contribution >= 4 is 5.91 Å². The van der Waals surface area contributed by atoms with E-state index in [1.54, 1.807) is 6.08 Å². The number of hydrogen-bond acceptors (Lipinski definition) is 3. The lowest BCUT2D eigenvalue weighted by Crippen LogP contribution is -2.45. The van der Waals surface area contributed by atoms with E-state index >= 15 is 0 Å².